The lowest BCUT2D eigenvalue weighted by atomic mass is 9.96. The van der Waals surface area contributed by atoms with Crippen molar-refractivity contribution >= 4 is 11.9 Å². The van der Waals surface area contributed by atoms with Crippen LogP contribution in [0.25, 0.3) is 0 Å². The summed E-state index contributed by atoms with van der Waals surface area (Å²) in [5.74, 6) is 0.154. The standard InChI is InChI=1S/C21H27N3O4/c1-14(16-4-6-18(28-3)7-5-16)12-20(25)23-10-8-17(9-11-23)24-15(2)19(13-22-24)21(26)27/h4-7,13-14,17H,8-12H2,1-3H3,(H,26,27). The van der Waals surface area contributed by atoms with Crippen molar-refractivity contribution in [2.75, 3.05) is 20.2 Å². The molecule has 1 aliphatic rings. The Balaban J connectivity index is 1.55. The van der Waals surface area contributed by atoms with Gasteiger partial charge in [0.1, 0.15) is 11.3 Å². The number of nitrogens with zero attached hydrogens (tertiary/aromatic N) is 3. The van der Waals surface area contributed by atoms with Gasteiger partial charge in [0.2, 0.25) is 5.91 Å². The molecule has 1 amide bonds. The molecule has 28 heavy (non-hydrogen) atoms. The molecule has 7 heteroatoms. The highest BCUT2D eigenvalue weighted by atomic mass is 16.5. The van der Waals surface area contributed by atoms with Gasteiger partial charge in [-0.2, -0.15) is 5.10 Å². The summed E-state index contributed by atoms with van der Waals surface area (Å²) in [6.45, 7) is 5.18. The van der Waals surface area contributed by atoms with E-state index in [1.807, 2.05) is 29.2 Å². The van der Waals surface area contributed by atoms with E-state index in [-0.39, 0.29) is 23.4 Å². The number of carbonyl (C=O) groups excluding carboxylic acids is 1. The molecule has 1 unspecified atom stereocenters. The van der Waals surface area contributed by atoms with Gasteiger partial charge in [-0.1, -0.05) is 19.1 Å². The van der Waals surface area contributed by atoms with Crippen LogP contribution >= 0.6 is 0 Å². The molecular formula is C21H27N3O4. The number of aromatic nitrogens is 2. The van der Waals surface area contributed by atoms with E-state index in [1.165, 1.54) is 6.20 Å². The molecule has 2 aromatic rings. The molecular weight excluding hydrogens is 358 g/mol. The number of hydrogen-bond donors (Lipinski definition) is 1. The van der Waals surface area contributed by atoms with E-state index in [0.29, 0.717) is 25.2 Å². The number of likely N-dealkylation sites (tertiary alicyclic amines) is 1. The van der Waals surface area contributed by atoms with Crippen molar-refractivity contribution in [3.8, 4) is 5.75 Å². The number of methoxy groups -OCH3 is 1. The number of ether oxygens (including phenoxy) is 1. The van der Waals surface area contributed by atoms with Gasteiger partial charge in [-0.05, 0) is 43.4 Å². The van der Waals surface area contributed by atoms with Gasteiger partial charge in [0.25, 0.3) is 0 Å². The van der Waals surface area contributed by atoms with Crippen LogP contribution in [0.3, 0.4) is 0 Å². The monoisotopic (exact) mass is 385 g/mol. The van der Waals surface area contributed by atoms with Gasteiger partial charge < -0.3 is 14.7 Å². The quantitative estimate of drug-likeness (QED) is 0.825. The van der Waals surface area contributed by atoms with Gasteiger partial charge >= 0.3 is 5.97 Å². The normalized spacial score (nSPS) is 16.0. The van der Waals surface area contributed by atoms with Crippen LogP contribution in [0.15, 0.2) is 30.5 Å². The van der Waals surface area contributed by atoms with Crippen LogP contribution in [0.4, 0.5) is 0 Å². The molecule has 1 aromatic carbocycles. The predicted molar refractivity (Wildman–Crippen MR) is 105 cm³/mol. The summed E-state index contributed by atoms with van der Waals surface area (Å²) in [7, 11) is 1.64. The van der Waals surface area contributed by atoms with E-state index in [9.17, 15) is 14.7 Å². The second kappa shape index (κ2) is 8.46. The number of benzene rings is 1. The molecule has 1 saturated heterocycles. The fourth-order valence-electron chi connectivity index (χ4n) is 3.80. The van der Waals surface area contributed by atoms with Crippen LogP contribution in [0.2, 0.25) is 0 Å². The Kier molecular flexibility index (Phi) is 6.02. The Morgan fingerprint density at radius 3 is 2.43 bits per heavy atom. The first-order chi connectivity index (χ1) is 13.4. The lowest BCUT2D eigenvalue weighted by Gasteiger charge is -2.33. The summed E-state index contributed by atoms with van der Waals surface area (Å²) < 4.78 is 6.98. The van der Waals surface area contributed by atoms with Crippen LogP contribution in [0.5, 0.6) is 5.75 Å². The third-order valence-corrected chi connectivity index (χ3v) is 5.60. The maximum atomic E-state index is 12.7. The van der Waals surface area contributed by atoms with E-state index in [1.54, 1.807) is 18.7 Å². The third kappa shape index (κ3) is 4.18. The zero-order chi connectivity index (χ0) is 20.3. The van der Waals surface area contributed by atoms with Gasteiger partial charge in [0, 0.05) is 19.5 Å². The van der Waals surface area contributed by atoms with Crippen LogP contribution in [-0.2, 0) is 4.79 Å². The second-order valence-electron chi connectivity index (χ2n) is 7.38. The van der Waals surface area contributed by atoms with Crippen molar-refractivity contribution in [2.45, 2.75) is 45.1 Å². The first kappa shape index (κ1) is 19.9. The summed E-state index contributed by atoms with van der Waals surface area (Å²) in [6.07, 6.45) is 3.45. The summed E-state index contributed by atoms with van der Waals surface area (Å²) in [5.41, 5.74) is 2.04. The molecule has 1 aliphatic heterocycles. The second-order valence-corrected chi connectivity index (χ2v) is 7.38. The van der Waals surface area contributed by atoms with Crippen LogP contribution in [0, 0.1) is 6.92 Å². The topological polar surface area (TPSA) is 84.7 Å². The van der Waals surface area contributed by atoms with Crippen molar-refractivity contribution in [1.82, 2.24) is 14.7 Å². The zero-order valence-electron chi connectivity index (χ0n) is 16.6. The SMILES string of the molecule is COc1ccc(C(C)CC(=O)N2CCC(n3ncc(C(=O)O)c3C)CC2)cc1. The predicted octanol–water partition coefficient (Wildman–Crippen LogP) is 3.26. The van der Waals surface area contributed by atoms with Crippen molar-refractivity contribution in [3.05, 3.63) is 47.3 Å². The van der Waals surface area contributed by atoms with Gasteiger partial charge in [0.15, 0.2) is 0 Å². The number of carbonyl (C=O) groups is 2. The van der Waals surface area contributed by atoms with Crippen molar-refractivity contribution in [3.63, 3.8) is 0 Å². The zero-order valence-corrected chi connectivity index (χ0v) is 16.6. The maximum Gasteiger partial charge on any atom is 0.339 e. The fraction of sp³-hybridized carbons (Fsp3) is 0.476. The van der Waals surface area contributed by atoms with E-state index in [2.05, 4.69) is 12.0 Å². The molecule has 150 valence electrons. The summed E-state index contributed by atoms with van der Waals surface area (Å²) >= 11 is 0. The highest BCUT2D eigenvalue weighted by Gasteiger charge is 2.27. The summed E-state index contributed by atoms with van der Waals surface area (Å²) in [4.78, 5) is 25.8. The first-order valence-corrected chi connectivity index (χ1v) is 9.59. The van der Waals surface area contributed by atoms with Crippen LogP contribution in [0.1, 0.15) is 59.8 Å². The minimum atomic E-state index is -0.955. The Morgan fingerprint density at radius 1 is 1.25 bits per heavy atom. The van der Waals surface area contributed by atoms with Crippen LogP contribution < -0.4 is 4.74 Å². The molecule has 1 fully saturated rings. The minimum absolute atomic E-state index is 0.135. The van der Waals surface area contributed by atoms with E-state index >= 15 is 0 Å². The fourth-order valence-corrected chi connectivity index (χ4v) is 3.80. The number of carboxylic acid groups (broad SMARTS) is 1. The molecule has 7 nitrogen and oxygen atoms in total. The average Bonchev–Trinajstić information content (AvgIpc) is 3.09. The molecule has 1 aromatic heterocycles. The first-order valence-electron chi connectivity index (χ1n) is 9.59. The third-order valence-electron chi connectivity index (χ3n) is 5.60. The number of carboxylic acids is 1. The average molecular weight is 385 g/mol. The molecule has 3 rings (SSSR count). The van der Waals surface area contributed by atoms with Crippen molar-refractivity contribution < 1.29 is 19.4 Å². The molecule has 0 aliphatic carbocycles. The number of amides is 1. The van der Waals surface area contributed by atoms with Crippen LogP contribution in [-0.4, -0.2) is 51.9 Å². The molecule has 0 bridgehead atoms. The van der Waals surface area contributed by atoms with Gasteiger partial charge in [0.05, 0.1) is 25.0 Å². The lowest BCUT2D eigenvalue weighted by Crippen LogP contribution is -2.39. The van der Waals surface area contributed by atoms with E-state index < -0.39 is 5.97 Å². The smallest absolute Gasteiger partial charge is 0.339 e. The van der Waals surface area contributed by atoms with Crippen molar-refractivity contribution in [2.24, 2.45) is 0 Å². The molecule has 0 saturated carbocycles. The number of hydrogen-bond acceptors (Lipinski definition) is 4. The molecule has 0 radical (unpaired) electrons. The minimum Gasteiger partial charge on any atom is -0.497 e. The number of rotatable bonds is 6. The van der Waals surface area contributed by atoms with E-state index in [4.69, 9.17) is 4.74 Å². The largest absolute Gasteiger partial charge is 0.497 e. The summed E-state index contributed by atoms with van der Waals surface area (Å²) in [5, 5.41) is 13.4. The molecule has 1 atom stereocenters. The van der Waals surface area contributed by atoms with E-state index in [0.717, 1.165) is 24.2 Å². The molecule has 0 spiro atoms. The number of aromatic carboxylic acids is 1. The Hall–Kier alpha value is -2.83. The maximum absolute atomic E-state index is 12.7. The highest BCUT2D eigenvalue weighted by Crippen LogP contribution is 2.27. The Labute approximate surface area is 164 Å². The van der Waals surface area contributed by atoms with Crippen molar-refractivity contribution in [1.29, 1.82) is 0 Å². The summed E-state index contributed by atoms with van der Waals surface area (Å²) in [6, 6.07) is 7.97. The Morgan fingerprint density at radius 2 is 1.89 bits per heavy atom. The molecule has 2 heterocycles. The molecule has 1 N–H and O–H groups in total. The van der Waals surface area contributed by atoms with Gasteiger partial charge in [-0.15, -0.1) is 0 Å². The lowest BCUT2D eigenvalue weighted by molar-refractivity contribution is -0.132. The number of piperidine rings is 1. The van der Waals surface area contributed by atoms with Gasteiger partial charge in [-0.3, -0.25) is 9.48 Å². The Bertz CT molecular complexity index is 836. The van der Waals surface area contributed by atoms with Gasteiger partial charge in [-0.25, -0.2) is 4.79 Å². The highest BCUT2D eigenvalue weighted by molar-refractivity contribution is 5.88.